The summed E-state index contributed by atoms with van der Waals surface area (Å²) in [6.07, 6.45) is 3.53. The number of benzene rings is 3. The minimum Gasteiger partial charge on any atom is -0.489 e. The van der Waals surface area contributed by atoms with E-state index in [9.17, 15) is 4.79 Å². The number of ether oxygens (including phenoxy) is 1. The van der Waals surface area contributed by atoms with Crippen molar-refractivity contribution in [3.8, 4) is 16.9 Å². The highest BCUT2D eigenvalue weighted by atomic mass is 35.5. The number of nitrogens with two attached hydrogens (primary N) is 1. The molecule has 1 aliphatic rings. The lowest BCUT2D eigenvalue weighted by Gasteiger charge is -2.32. The van der Waals surface area contributed by atoms with E-state index in [1.54, 1.807) is 30.2 Å². The summed E-state index contributed by atoms with van der Waals surface area (Å²) in [7, 11) is 3.71. The number of imidazole rings is 1. The number of hydrogen-bond donors (Lipinski definition) is 1. The molecule has 0 fully saturated rings. The second-order valence-corrected chi connectivity index (χ2v) is 9.41. The molecule has 1 atom stereocenters. The Kier molecular flexibility index (Phi) is 4.85. The first-order valence-corrected chi connectivity index (χ1v) is 11.7. The molecule has 0 saturated heterocycles. The SMILES string of the molecule is Cn1cncc1[C@]1(N)c2ccc(Cl)c(c2)COc2cccc(c2)-c2cc(=O)n(C)c3ccc1cc23. The van der Waals surface area contributed by atoms with Crippen LogP contribution in [0, 0.1) is 0 Å². The summed E-state index contributed by atoms with van der Waals surface area (Å²) in [5, 5.41) is 1.53. The topological polar surface area (TPSA) is 75.1 Å². The van der Waals surface area contributed by atoms with Gasteiger partial charge in [0.15, 0.2) is 0 Å². The number of aryl methyl sites for hydroxylation is 2. The number of pyridine rings is 1. The van der Waals surface area contributed by atoms with Crippen molar-refractivity contribution in [2.24, 2.45) is 19.8 Å². The first-order chi connectivity index (χ1) is 16.9. The van der Waals surface area contributed by atoms with Crippen LogP contribution in [0.15, 0.2) is 84.0 Å². The molecule has 0 amide bonds. The Labute approximate surface area is 207 Å². The standard InChI is InChI=1S/C28H23ClN4O2/c1-32-16-31-14-26(32)28(30)19-6-8-24(29)18(10-19)15-35-21-5-3-4-17(11-21)22-13-27(34)33(2)25-9-7-20(28)12-23(22)25/h3-14,16H,15,30H2,1-2H3/t28-/m0/s1. The predicted octanol–water partition coefficient (Wildman–Crippen LogP) is 4.74. The Morgan fingerprint density at radius 3 is 2.63 bits per heavy atom. The molecular formula is C28H23ClN4O2. The molecule has 0 unspecified atom stereocenters. The third kappa shape index (κ3) is 3.29. The molecule has 0 aliphatic carbocycles. The molecule has 2 aromatic heterocycles. The van der Waals surface area contributed by atoms with Crippen molar-refractivity contribution >= 4 is 22.5 Å². The molecule has 7 heteroatoms. The minimum atomic E-state index is -1.03. The maximum Gasteiger partial charge on any atom is 0.251 e. The van der Waals surface area contributed by atoms with Gasteiger partial charge in [0.25, 0.3) is 5.56 Å². The molecule has 5 aromatic rings. The van der Waals surface area contributed by atoms with Crippen molar-refractivity contribution < 1.29 is 4.74 Å². The maximum absolute atomic E-state index is 12.9. The van der Waals surface area contributed by atoms with Gasteiger partial charge in [-0.15, -0.1) is 0 Å². The van der Waals surface area contributed by atoms with E-state index in [4.69, 9.17) is 22.1 Å². The average Bonchev–Trinajstić information content (AvgIpc) is 3.31. The van der Waals surface area contributed by atoms with Crippen molar-refractivity contribution in [1.29, 1.82) is 0 Å². The van der Waals surface area contributed by atoms with Gasteiger partial charge in [-0.1, -0.05) is 35.9 Å². The summed E-state index contributed by atoms with van der Waals surface area (Å²) in [4.78, 5) is 17.2. The Bertz CT molecular complexity index is 1690. The van der Waals surface area contributed by atoms with Crippen LogP contribution >= 0.6 is 11.6 Å². The van der Waals surface area contributed by atoms with Gasteiger partial charge in [0.05, 0.1) is 23.7 Å². The maximum atomic E-state index is 12.9. The molecule has 3 heterocycles. The van der Waals surface area contributed by atoms with Gasteiger partial charge < -0.3 is 19.6 Å². The van der Waals surface area contributed by atoms with Crippen LogP contribution in [0.2, 0.25) is 5.02 Å². The fourth-order valence-electron chi connectivity index (χ4n) is 4.99. The molecule has 2 N–H and O–H groups in total. The molecule has 3 aromatic carbocycles. The van der Waals surface area contributed by atoms with Gasteiger partial charge in [-0.2, -0.15) is 0 Å². The largest absolute Gasteiger partial charge is 0.489 e. The van der Waals surface area contributed by atoms with Gasteiger partial charge in [0.1, 0.15) is 17.9 Å². The van der Waals surface area contributed by atoms with Gasteiger partial charge in [-0.3, -0.25) is 4.79 Å². The third-order valence-corrected chi connectivity index (χ3v) is 7.33. The van der Waals surface area contributed by atoms with Crippen LogP contribution in [-0.2, 0) is 26.2 Å². The number of nitrogens with zero attached hydrogens (tertiary/aromatic N) is 3. The van der Waals surface area contributed by atoms with Gasteiger partial charge in [0, 0.05) is 36.1 Å². The van der Waals surface area contributed by atoms with Crippen LogP contribution in [-0.4, -0.2) is 14.1 Å². The molecule has 6 nitrogen and oxygen atoms in total. The van der Waals surface area contributed by atoms with Crippen molar-refractivity contribution in [2.75, 3.05) is 0 Å². The van der Waals surface area contributed by atoms with Crippen LogP contribution in [0.25, 0.3) is 22.0 Å². The number of halogens is 1. The number of hydrogen-bond acceptors (Lipinski definition) is 4. The molecule has 35 heavy (non-hydrogen) atoms. The molecule has 0 spiro atoms. The monoisotopic (exact) mass is 482 g/mol. The van der Waals surface area contributed by atoms with E-state index < -0.39 is 5.54 Å². The summed E-state index contributed by atoms with van der Waals surface area (Å²) in [5.41, 5.74) is 12.2. The zero-order valence-electron chi connectivity index (χ0n) is 19.3. The lowest BCUT2D eigenvalue weighted by atomic mass is 9.79. The smallest absolute Gasteiger partial charge is 0.251 e. The lowest BCUT2D eigenvalue weighted by Crippen LogP contribution is -2.41. The normalized spacial score (nSPS) is 16.9. The van der Waals surface area contributed by atoms with E-state index in [0.717, 1.165) is 44.4 Å². The first kappa shape index (κ1) is 21.6. The Hall–Kier alpha value is -3.87. The van der Waals surface area contributed by atoms with Crippen LogP contribution < -0.4 is 16.0 Å². The van der Waals surface area contributed by atoms with E-state index in [1.807, 2.05) is 66.2 Å². The first-order valence-electron chi connectivity index (χ1n) is 11.3. The molecule has 1 aliphatic heterocycles. The Morgan fingerprint density at radius 1 is 1.03 bits per heavy atom. The van der Waals surface area contributed by atoms with Crippen molar-refractivity contribution in [3.63, 3.8) is 0 Å². The Balaban J connectivity index is 1.77. The quantitative estimate of drug-likeness (QED) is 0.374. The second-order valence-electron chi connectivity index (χ2n) is 9.01. The van der Waals surface area contributed by atoms with Crippen LogP contribution in [0.1, 0.15) is 22.4 Å². The predicted molar refractivity (Wildman–Crippen MR) is 138 cm³/mol. The van der Waals surface area contributed by atoms with Gasteiger partial charge in [-0.25, -0.2) is 4.98 Å². The van der Waals surface area contributed by atoms with Crippen molar-refractivity contribution in [1.82, 2.24) is 14.1 Å². The van der Waals surface area contributed by atoms with Crippen molar-refractivity contribution in [3.05, 3.63) is 117 Å². The molecule has 0 radical (unpaired) electrons. The molecule has 6 rings (SSSR count). The molecular weight excluding hydrogens is 460 g/mol. The van der Waals surface area contributed by atoms with Crippen LogP contribution in [0.4, 0.5) is 0 Å². The minimum absolute atomic E-state index is 0.0834. The second kappa shape index (κ2) is 7.83. The van der Waals surface area contributed by atoms with Gasteiger partial charge in [0.2, 0.25) is 0 Å². The summed E-state index contributed by atoms with van der Waals surface area (Å²) < 4.78 is 9.73. The zero-order chi connectivity index (χ0) is 24.3. The summed E-state index contributed by atoms with van der Waals surface area (Å²) in [6, 6.07) is 21.3. The van der Waals surface area contributed by atoms with E-state index in [0.29, 0.717) is 10.8 Å². The lowest BCUT2D eigenvalue weighted by molar-refractivity contribution is 0.306. The van der Waals surface area contributed by atoms with E-state index in [2.05, 4.69) is 11.1 Å². The zero-order valence-corrected chi connectivity index (χ0v) is 20.1. The summed E-state index contributed by atoms with van der Waals surface area (Å²) in [6.45, 7) is 0.279. The van der Waals surface area contributed by atoms with E-state index in [-0.39, 0.29) is 12.2 Å². The van der Waals surface area contributed by atoms with E-state index >= 15 is 0 Å². The third-order valence-electron chi connectivity index (χ3n) is 6.96. The van der Waals surface area contributed by atoms with Gasteiger partial charge in [-0.05, 0) is 58.7 Å². The number of aromatic nitrogens is 3. The van der Waals surface area contributed by atoms with E-state index in [1.165, 1.54) is 0 Å². The summed E-state index contributed by atoms with van der Waals surface area (Å²) >= 11 is 6.57. The Morgan fingerprint density at radius 2 is 1.83 bits per heavy atom. The molecule has 6 bridgehead atoms. The highest BCUT2D eigenvalue weighted by Crippen LogP contribution is 2.39. The highest BCUT2D eigenvalue weighted by molar-refractivity contribution is 6.31. The fraction of sp³-hybridized carbons (Fsp3) is 0.143. The fourth-order valence-corrected chi connectivity index (χ4v) is 5.16. The summed E-state index contributed by atoms with van der Waals surface area (Å²) in [5.74, 6) is 0.693. The van der Waals surface area contributed by atoms with Gasteiger partial charge >= 0.3 is 0 Å². The highest BCUT2D eigenvalue weighted by Gasteiger charge is 2.35. The van der Waals surface area contributed by atoms with Crippen molar-refractivity contribution in [2.45, 2.75) is 12.1 Å². The van der Waals surface area contributed by atoms with Crippen LogP contribution in [0.3, 0.4) is 0 Å². The number of fused-ring (bicyclic) bond motifs is 6. The van der Waals surface area contributed by atoms with Crippen LogP contribution in [0.5, 0.6) is 5.75 Å². The average molecular weight is 483 g/mol. The molecule has 174 valence electrons. The molecule has 0 saturated carbocycles. The number of rotatable bonds is 1.